The summed E-state index contributed by atoms with van der Waals surface area (Å²) in [5.74, 6) is -0.862. The number of sulfonamides is 1. The Morgan fingerprint density at radius 1 is 0.931 bits per heavy atom. The van der Waals surface area contributed by atoms with E-state index in [1.54, 1.807) is 24.3 Å². The second kappa shape index (κ2) is 7.86. The first-order chi connectivity index (χ1) is 13.5. The van der Waals surface area contributed by atoms with Crippen LogP contribution in [-0.4, -0.2) is 45.7 Å². The number of primary amides is 1. The number of hydrogen-bond donors (Lipinski definition) is 1. The quantitative estimate of drug-likeness (QED) is 0.679. The van der Waals surface area contributed by atoms with Gasteiger partial charge in [0.25, 0.3) is 10.1 Å². The molecule has 1 fully saturated rings. The van der Waals surface area contributed by atoms with Crippen LogP contribution in [0.25, 0.3) is 0 Å². The van der Waals surface area contributed by atoms with Crippen molar-refractivity contribution in [3.05, 3.63) is 59.7 Å². The van der Waals surface area contributed by atoms with Crippen molar-refractivity contribution < 1.29 is 25.8 Å². The fourth-order valence-electron chi connectivity index (χ4n) is 3.15. The molecule has 8 nitrogen and oxygen atoms in total. The third-order valence-electron chi connectivity index (χ3n) is 4.75. The van der Waals surface area contributed by atoms with Gasteiger partial charge in [0, 0.05) is 13.0 Å². The van der Waals surface area contributed by atoms with Crippen molar-refractivity contribution >= 4 is 26.0 Å². The molecule has 10 heteroatoms. The zero-order valence-electron chi connectivity index (χ0n) is 16.0. The molecule has 2 atom stereocenters. The van der Waals surface area contributed by atoms with Gasteiger partial charge in [-0.15, -0.1) is 0 Å². The van der Waals surface area contributed by atoms with Crippen molar-refractivity contribution in [2.45, 2.75) is 42.2 Å². The van der Waals surface area contributed by atoms with Gasteiger partial charge in [-0.3, -0.25) is 8.98 Å². The van der Waals surface area contributed by atoms with Crippen LogP contribution in [0.2, 0.25) is 0 Å². The van der Waals surface area contributed by atoms with Crippen LogP contribution in [0.1, 0.15) is 17.5 Å². The minimum Gasteiger partial charge on any atom is -0.368 e. The van der Waals surface area contributed by atoms with Crippen LogP contribution in [0.5, 0.6) is 0 Å². The highest BCUT2D eigenvalue weighted by molar-refractivity contribution is 7.89. The Bertz CT molecular complexity index is 1110. The zero-order valence-corrected chi connectivity index (χ0v) is 17.6. The number of nitrogens with two attached hydrogens (primary N) is 1. The lowest BCUT2D eigenvalue weighted by atomic mass is 10.2. The highest BCUT2D eigenvalue weighted by Gasteiger charge is 2.45. The van der Waals surface area contributed by atoms with Crippen LogP contribution in [0, 0.1) is 13.8 Å². The molecule has 1 amide bonds. The van der Waals surface area contributed by atoms with Crippen molar-refractivity contribution in [1.29, 1.82) is 0 Å². The molecule has 0 bridgehead atoms. The van der Waals surface area contributed by atoms with Gasteiger partial charge in [-0.25, -0.2) is 8.42 Å². The van der Waals surface area contributed by atoms with Crippen molar-refractivity contribution in [3.8, 4) is 0 Å². The molecule has 1 aliphatic heterocycles. The third-order valence-corrected chi connectivity index (χ3v) is 8.01. The molecule has 29 heavy (non-hydrogen) atoms. The smallest absolute Gasteiger partial charge is 0.297 e. The summed E-state index contributed by atoms with van der Waals surface area (Å²) in [6.45, 7) is 3.34. The molecule has 2 aromatic carbocycles. The van der Waals surface area contributed by atoms with E-state index >= 15 is 0 Å². The minimum absolute atomic E-state index is 0.00334. The van der Waals surface area contributed by atoms with Crippen molar-refractivity contribution in [2.75, 3.05) is 6.54 Å². The SMILES string of the molecule is Cc1ccc(S(=O)(=O)OC2CC(C(N)=O)N(S(=O)(=O)c3ccc(C)cc3)C2)cc1. The maximum absolute atomic E-state index is 13.0. The number of aryl methyl sites for hydroxylation is 2. The van der Waals surface area contributed by atoms with Gasteiger partial charge in [-0.05, 0) is 38.1 Å². The first-order valence-corrected chi connectivity index (χ1v) is 11.7. The third kappa shape index (κ3) is 4.50. The summed E-state index contributed by atoms with van der Waals surface area (Å²) in [5, 5.41) is 0. The molecule has 2 unspecified atom stereocenters. The number of carbonyl (C=O) groups excluding carboxylic acids is 1. The summed E-state index contributed by atoms with van der Waals surface area (Å²) in [4.78, 5) is 11.8. The van der Waals surface area contributed by atoms with Crippen LogP contribution in [-0.2, 0) is 29.1 Å². The van der Waals surface area contributed by atoms with E-state index in [-0.39, 0.29) is 22.8 Å². The van der Waals surface area contributed by atoms with Gasteiger partial charge in [0.05, 0.1) is 15.9 Å². The number of hydrogen-bond acceptors (Lipinski definition) is 6. The van der Waals surface area contributed by atoms with Crippen molar-refractivity contribution in [3.63, 3.8) is 0 Å². The zero-order chi connectivity index (χ0) is 21.4. The normalized spacial score (nSPS) is 20.6. The summed E-state index contributed by atoms with van der Waals surface area (Å²) < 4.78 is 57.2. The van der Waals surface area contributed by atoms with E-state index in [0.29, 0.717) is 0 Å². The van der Waals surface area contributed by atoms with E-state index in [9.17, 15) is 21.6 Å². The number of nitrogens with zero attached hydrogens (tertiary/aromatic N) is 1. The molecular formula is C19H22N2O6S2. The Hall–Kier alpha value is -2.27. The van der Waals surface area contributed by atoms with Crippen LogP contribution in [0.4, 0.5) is 0 Å². The maximum atomic E-state index is 13.0. The highest BCUT2D eigenvalue weighted by Crippen LogP contribution is 2.30. The number of carbonyl (C=O) groups is 1. The summed E-state index contributed by atoms with van der Waals surface area (Å²) in [7, 11) is -8.17. The second-order valence-electron chi connectivity index (χ2n) is 7.03. The Balaban J connectivity index is 1.86. The molecule has 156 valence electrons. The fourth-order valence-corrected chi connectivity index (χ4v) is 5.86. The topological polar surface area (TPSA) is 124 Å². The molecule has 0 aromatic heterocycles. The van der Waals surface area contributed by atoms with Gasteiger partial charge in [0.1, 0.15) is 6.04 Å². The average molecular weight is 439 g/mol. The number of rotatable bonds is 6. The summed E-state index contributed by atoms with van der Waals surface area (Å²) in [5.41, 5.74) is 7.15. The molecule has 2 aromatic rings. The minimum atomic E-state index is -4.12. The molecule has 0 saturated carbocycles. The first kappa shape index (κ1) is 21.4. The molecule has 0 spiro atoms. The van der Waals surface area contributed by atoms with E-state index in [1.165, 1.54) is 24.3 Å². The second-order valence-corrected chi connectivity index (χ2v) is 10.5. The lowest BCUT2D eigenvalue weighted by Gasteiger charge is -2.21. The Kier molecular flexibility index (Phi) is 5.81. The van der Waals surface area contributed by atoms with Gasteiger partial charge in [0.2, 0.25) is 15.9 Å². The first-order valence-electron chi connectivity index (χ1n) is 8.88. The van der Waals surface area contributed by atoms with Crippen LogP contribution in [0.3, 0.4) is 0 Å². The van der Waals surface area contributed by atoms with E-state index in [1.807, 2.05) is 13.8 Å². The van der Waals surface area contributed by atoms with Crippen molar-refractivity contribution in [2.24, 2.45) is 5.73 Å². The molecule has 2 N–H and O–H groups in total. The van der Waals surface area contributed by atoms with E-state index < -0.39 is 38.2 Å². The highest BCUT2D eigenvalue weighted by atomic mass is 32.2. The molecule has 3 rings (SSSR count). The fraction of sp³-hybridized carbons (Fsp3) is 0.316. The lowest BCUT2D eigenvalue weighted by Crippen LogP contribution is -2.43. The maximum Gasteiger partial charge on any atom is 0.297 e. The van der Waals surface area contributed by atoms with Gasteiger partial charge >= 0.3 is 0 Å². The predicted molar refractivity (Wildman–Crippen MR) is 106 cm³/mol. The summed E-state index contributed by atoms with van der Waals surface area (Å²) in [6.07, 6.45) is -1.18. The summed E-state index contributed by atoms with van der Waals surface area (Å²) in [6, 6.07) is 11.0. The van der Waals surface area contributed by atoms with E-state index in [4.69, 9.17) is 9.92 Å². The number of benzene rings is 2. The molecule has 0 radical (unpaired) electrons. The van der Waals surface area contributed by atoms with Gasteiger partial charge < -0.3 is 5.73 Å². The van der Waals surface area contributed by atoms with Gasteiger partial charge in [0.15, 0.2) is 0 Å². The van der Waals surface area contributed by atoms with E-state index in [2.05, 4.69) is 0 Å². The molecule has 0 aliphatic carbocycles. The Labute approximate surface area is 170 Å². The lowest BCUT2D eigenvalue weighted by molar-refractivity contribution is -0.121. The molecule has 1 aliphatic rings. The largest absolute Gasteiger partial charge is 0.368 e. The molecule has 1 saturated heterocycles. The van der Waals surface area contributed by atoms with E-state index in [0.717, 1.165) is 15.4 Å². The van der Waals surface area contributed by atoms with Crippen LogP contribution in [0.15, 0.2) is 58.3 Å². The van der Waals surface area contributed by atoms with Crippen LogP contribution < -0.4 is 5.73 Å². The van der Waals surface area contributed by atoms with Gasteiger partial charge in [-0.2, -0.15) is 12.7 Å². The predicted octanol–water partition coefficient (Wildman–Crippen LogP) is 1.33. The Morgan fingerprint density at radius 2 is 1.41 bits per heavy atom. The van der Waals surface area contributed by atoms with Crippen molar-refractivity contribution in [1.82, 2.24) is 4.31 Å². The van der Waals surface area contributed by atoms with Crippen LogP contribution >= 0.6 is 0 Å². The number of amides is 1. The Morgan fingerprint density at radius 3 is 1.90 bits per heavy atom. The molecular weight excluding hydrogens is 416 g/mol. The van der Waals surface area contributed by atoms with Gasteiger partial charge in [-0.1, -0.05) is 35.4 Å². The standard InChI is InChI=1S/C19H22N2O6S2/c1-13-3-7-16(8-4-13)28(23,24)21-12-15(11-18(21)19(20)22)27-29(25,26)17-9-5-14(2)6-10-17/h3-10,15,18H,11-12H2,1-2H3,(H2,20,22). The molecule has 1 heterocycles. The summed E-state index contributed by atoms with van der Waals surface area (Å²) >= 11 is 0. The monoisotopic (exact) mass is 438 g/mol. The average Bonchev–Trinajstić information content (AvgIpc) is 3.07.